The number of pyridine rings is 1. The van der Waals surface area contributed by atoms with E-state index in [1.165, 1.54) is 0 Å². The fraction of sp³-hybridized carbons (Fsp3) is 0.417. The molecule has 0 saturated carbocycles. The molecule has 2 heterocycles. The summed E-state index contributed by atoms with van der Waals surface area (Å²) >= 11 is 1.61. The average molecular weight is 249 g/mol. The van der Waals surface area contributed by atoms with E-state index in [0.29, 0.717) is 11.8 Å². The van der Waals surface area contributed by atoms with Crippen molar-refractivity contribution in [3.8, 4) is 0 Å². The van der Waals surface area contributed by atoms with Crippen molar-refractivity contribution >= 4 is 11.8 Å². The van der Waals surface area contributed by atoms with E-state index >= 15 is 0 Å². The van der Waals surface area contributed by atoms with Gasteiger partial charge in [0.25, 0.3) is 0 Å². The van der Waals surface area contributed by atoms with Gasteiger partial charge in [0, 0.05) is 12.1 Å². The Labute approximate surface area is 105 Å². The standard InChI is InChI=1S/C12H15N3OS/c1-8(2)11-14-12(16-15-11)9(3)17-10-6-4-5-7-13-10/h4-9H,1-3H3/t9-/m1/s1. The Morgan fingerprint density at radius 1 is 1.24 bits per heavy atom. The smallest absolute Gasteiger partial charge is 0.239 e. The molecule has 1 atom stereocenters. The minimum absolute atomic E-state index is 0.116. The highest BCUT2D eigenvalue weighted by atomic mass is 32.2. The summed E-state index contributed by atoms with van der Waals surface area (Å²) in [7, 11) is 0. The van der Waals surface area contributed by atoms with Gasteiger partial charge in [0.05, 0.1) is 10.3 Å². The van der Waals surface area contributed by atoms with E-state index in [4.69, 9.17) is 4.52 Å². The van der Waals surface area contributed by atoms with Gasteiger partial charge in [-0.1, -0.05) is 36.8 Å². The van der Waals surface area contributed by atoms with Crippen molar-refractivity contribution in [1.82, 2.24) is 15.1 Å². The summed E-state index contributed by atoms with van der Waals surface area (Å²) in [6.45, 7) is 6.13. The van der Waals surface area contributed by atoms with E-state index in [9.17, 15) is 0 Å². The van der Waals surface area contributed by atoms with Gasteiger partial charge in [0.2, 0.25) is 5.89 Å². The van der Waals surface area contributed by atoms with E-state index in [2.05, 4.69) is 15.1 Å². The lowest BCUT2D eigenvalue weighted by Crippen LogP contribution is -1.93. The SMILES string of the molecule is CC(C)c1noc([C@@H](C)Sc2ccccn2)n1. The number of nitrogens with zero attached hydrogens (tertiary/aromatic N) is 3. The minimum Gasteiger partial charge on any atom is -0.338 e. The maximum absolute atomic E-state index is 5.25. The molecule has 0 amide bonds. The Bertz CT molecular complexity index is 470. The molecule has 0 radical (unpaired) electrons. The molecule has 90 valence electrons. The monoisotopic (exact) mass is 249 g/mol. The summed E-state index contributed by atoms with van der Waals surface area (Å²) < 4.78 is 5.25. The van der Waals surface area contributed by atoms with Crippen molar-refractivity contribution in [2.45, 2.75) is 37.0 Å². The summed E-state index contributed by atoms with van der Waals surface area (Å²) in [5, 5.41) is 5.04. The Hall–Kier alpha value is -1.36. The molecule has 0 aliphatic rings. The molecule has 5 heteroatoms. The molecule has 2 aromatic rings. The third-order valence-electron chi connectivity index (χ3n) is 2.26. The maximum Gasteiger partial charge on any atom is 0.239 e. The van der Waals surface area contributed by atoms with Crippen LogP contribution in [0.25, 0.3) is 0 Å². The molecule has 0 aliphatic carbocycles. The second kappa shape index (κ2) is 5.31. The van der Waals surface area contributed by atoms with Crippen LogP contribution in [-0.4, -0.2) is 15.1 Å². The lowest BCUT2D eigenvalue weighted by atomic mass is 10.2. The molecule has 0 bridgehead atoms. The van der Waals surface area contributed by atoms with E-state index in [1.807, 2.05) is 39.0 Å². The third-order valence-corrected chi connectivity index (χ3v) is 3.30. The molecule has 17 heavy (non-hydrogen) atoms. The molecule has 4 nitrogen and oxygen atoms in total. The van der Waals surface area contributed by atoms with Crippen molar-refractivity contribution in [2.24, 2.45) is 0 Å². The summed E-state index contributed by atoms with van der Waals surface area (Å²) in [6.07, 6.45) is 1.78. The van der Waals surface area contributed by atoms with Gasteiger partial charge in [0.1, 0.15) is 0 Å². The molecule has 0 aliphatic heterocycles. The zero-order chi connectivity index (χ0) is 12.3. The van der Waals surface area contributed by atoms with Crippen LogP contribution >= 0.6 is 11.8 Å². The quantitative estimate of drug-likeness (QED) is 0.777. The first-order valence-electron chi connectivity index (χ1n) is 5.58. The molecule has 0 unspecified atom stereocenters. The maximum atomic E-state index is 5.25. The summed E-state index contributed by atoms with van der Waals surface area (Å²) in [4.78, 5) is 8.64. The molecule has 0 spiro atoms. The first kappa shape index (κ1) is 12.1. The number of aromatic nitrogens is 3. The summed E-state index contributed by atoms with van der Waals surface area (Å²) in [5.41, 5.74) is 0. The van der Waals surface area contributed by atoms with E-state index in [1.54, 1.807) is 18.0 Å². The number of rotatable bonds is 4. The number of thioether (sulfide) groups is 1. The Kier molecular flexibility index (Phi) is 3.78. The van der Waals surface area contributed by atoms with Gasteiger partial charge < -0.3 is 4.52 Å². The Morgan fingerprint density at radius 2 is 2.06 bits per heavy atom. The molecular weight excluding hydrogens is 234 g/mol. The van der Waals surface area contributed by atoms with Crippen LogP contribution in [0.5, 0.6) is 0 Å². The topological polar surface area (TPSA) is 51.8 Å². The predicted octanol–water partition coefficient (Wildman–Crippen LogP) is 3.44. The zero-order valence-electron chi connectivity index (χ0n) is 10.1. The van der Waals surface area contributed by atoms with Crippen molar-refractivity contribution in [3.05, 3.63) is 36.1 Å². The molecule has 0 aromatic carbocycles. The van der Waals surface area contributed by atoms with Crippen molar-refractivity contribution < 1.29 is 4.52 Å². The molecular formula is C12H15N3OS. The highest BCUT2D eigenvalue weighted by molar-refractivity contribution is 7.99. The number of hydrogen-bond acceptors (Lipinski definition) is 5. The molecule has 0 N–H and O–H groups in total. The molecule has 0 saturated heterocycles. The van der Waals surface area contributed by atoms with Crippen LogP contribution in [0.1, 0.15) is 43.7 Å². The van der Waals surface area contributed by atoms with Crippen LogP contribution < -0.4 is 0 Å². The van der Waals surface area contributed by atoms with Crippen LogP contribution in [0.4, 0.5) is 0 Å². The first-order valence-corrected chi connectivity index (χ1v) is 6.46. The fourth-order valence-electron chi connectivity index (χ4n) is 1.30. The predicted molar refractivity (Wildman–Crippen MR) is 66.9 cm³/mol. The van der Waals surface area contributed by atoms with Gasteiger partial charge in [-0.3, -0.25) is 0 Å². The van der Waals surface area contributed by atoms with Gasteiger partial charge in [-0.2, -0.15) is 4.98 Å². The number of hydrogen-bond donors (Lipinski definition) is 0. The second-order valence-corrected chi connectivity index (χ2v) is 5.43. The van der Waals surface area contributed by atoms with Gasteiger partial charge >= 0.3 is 0 Å². The molecule has 2 rings (SSSR count). The summed E-state index contributed by atoms with van der Waals surface area (Å²) in [5.74, 6) is 1.71. The van der Waals surface area contributed by atoms with E-state index in [0.717, 1.165) is 10.9 Å². The average Bonchev–Trinajstić information content (AvgIpc) is 2.79. The van der Waals surface area contributed by atoms with Gasteiger partial charge in [-0.15, -0.1) is 0 Å². The van der Waals surface area contributed by atoms with Gasteiger partial charge in [-0.05, 0) is 19.1 Å². The Morgan fingerprint density at radius 3 is 2.65 bits per heavy atom. The first-order chi connectivity index (χ1) is 8.16. The van der Waals surface area contributed by atoms with E-state index < -0.39 is 0 Å². The van der Waals surface area contributed by atoms with Crippen LogP contribution in [-0.2, 0) is 0 Å². The normalized spacial score (nSPS) is 12.9. The van der Waals surface area contributed by atoms with Crippen LogP contribution in [0, 0.1) is 0 Å². The highest BCUT2D eigenvalue weighted by Crippen LogP contribution is 2.32. The minimum atomic E-state index is 0.116. The second-order valence-electron chi connectivity index (χ2n) is 4.07. The van der Waals surface area contributed by atoms with Crippen molar-refractivity contribution in [1.29, 1.82) is 0 Å². The van der Waals surface area contributed by atoms with Gasteiger partial charge in [0.15, 0.2) is 5.82 Å². The van der Waals surface area contributed by atoms with Crippen LogP contribution in [0.2, 0.25) is 0 Å². The molecule has 0 fully saturated rings. The molecule has 2 aromatic heterocycles. The fourth-order valence-corrected chi connectivity index (χ4v) is 2.13. The summed E-state index contributed by atoms with van der Waals surface area (Å²) in [6, 6.07) is 5.84. The highest BCUT2D eigenvalue weighted by Gasteiger charge is 2.17. The largest absolute Gasteiger partial charge is 0.338 e. The lowest BCUT2D eigenvalue weighted by molar-refractivity contribution is 0.373. The van der Waals surface area contributed by atoms with E-state index in [-0.39, 0.29) is 5.25 Å². The van der Waals surface area contributed by atoms with Crippen LogP contribution in [0.15, 0.2) is 33.9 Å². The Balaban J connectivity index is 2.07. The van der Waals surface area contributed by atoms with Gasteiger partial charge in [-0.25, -0.2) is 4.98 Å². The van der Waals surface area contributed by atoms with Crippen LogP contribution in [0.3, 0.4) is 0 Å². The van der Waals surface area contributed by atoms with Crippen molar-refractivity contribution in [3.63, 3.8) is 0 Å². The lowest BCUT2D eigenvalue weighted by Gasteiger charge is -2.04. The van der Waals surface area contributed by atoms with Crippen molar-refractivity contribution in [2.75, 3.05) is 0 Å². The third kappa shape index (κ3) is 3.06. The zero-order valence-corrected chi connectivity index (χ0v) is 10.9.